The molecule has 5 heteroatoms. The molecular formula is C13H17NO4. The molecule has 1 aromatic heterocycles. The number of aryl methyl sites for hydroxylation is 1. The lowest BCUT2D eigenvalue weighted by Crippen LogP contribution is -2.27. The van der Waals surface area contributed by atoms with Gasteiger partial charge in [-0.2, -0.15) is 0 Å². The summed E-state index contributed by atoms with van der Waals surface area (Å²) in [6.45, 7) is 3.98. The molecule has 0 aromatic carbocycles. The van der Waals surface area contributed by atoms with E-state index in [1.165, 1.54) is 6.07 Å². The van der Waals surface area contributed by atoms with Gasteiger partial charge in [-0.05, 0) is 25.3 Å². The summed E-state index contributed by atoms with van der Waals surface area (Å²) in [7, 11) is 1.71. The molecule has 0 spiro atoms. The molecule has 1 aliphatic carbocycles. The SMILES string of the molecule is Cc1oc(CN(C)C(=O)[C@H]2C[C@@H]2C)cc1C(=O)O. The zero-order chi connectivity index (χ0) is 13.4. The maximum atomic E-state index is 11.9. The van der Waals surface area contributed by atoms with Crippen molar-refractivity contribution in [1.82, 2.24) is 4.90 Å². The number of nitrogens with zero attached hydrogens (tertiary/aromatic N) is 1. The molecule has 18 heavy (non-hydrogen) atoms. The number of aromatic carboxylic acids is 1. The van der Waals surface area contributed by atoms with Gasteiger partial charge in [0, 0.05) is 13.0 Å². The fourth-order valence-electron chi connectivity index (χ4n) is 2.09. The number of carbonyl (C=O) groups excluding carboxylic acids is 1. The third-order valence-corrected chi connectivity index (χ3v) is 3.40. The van der Waals surface area contributed by atoms with Gasteiger partial charge < -0.3 is 14.4 Å². The van der Waals surface area contributed by atoms with Gasteiger partial charge in [-0.15, -0.1) is 0 Å². The summed E-state index contributed by atoms with van der Waals surface area (Å²) in [5, 5.41) is 8.91. The molecule has 1 heterocycles. The van der Waals surface area contributed by atoms with Crippen molar-refractivity contribution in [3.8, 4) is 0 Å². The number of carbonyl (C=O) groups is 2. The first-order valence-corrected chi connectivity index (χ1v) is 5.97. The summed E-state index contributed by atoms with van der Waals surface area (Å²) < 4.78 is 5.35. The topological polar surface area (TPSA) is 70.8 Å². The first-order valence-electron chi connectivity index (χ1n) is 5.97. The van der Waals surface area contributed by atoms with E-state index in [1.54, 1.807) is 18.9 Å². The molecule has 98 valence electrons. The molecule has 2 rings (SSSR count). The second-order valence-corrected chi connectivity index (χ2v) is 5.00. The smallest absolute Gasteiger partial charge is 0.339 e. The van der Waals surface area contributed by atoms with Gasteiger partial charge >= 0.3 is 5.97 Å². The van der Waals surface area contributed by atoms with Crippen molar-refractivity contribution in [2.75, 3.05) is 7.05 Å². The van der Waals surface area contributed by atoms with Crippen LogP contribution in [0, 0.1) is 18.8 Å². The number of furan rings is 1. The van der Waals surface area contributed by atoms with Gasteiger partial charge in [-0.1, -0.05) is 6.92 Å². The molecule has 2 atom stereocenters. The third-order valence-electron chi connectivity index (χ3n) is 3.40. The lowest BCUT2D eigenvalue weighted by molar-refractivity contribution is -0.132. The Morgan fingerprint density at radius 2 is 2.17 bits per heavy atom. The van der Waals surface area contributed by atoms with Crippen molar-refractivity contribution in [2.45, 2.75) is 26.8 Å². The van der Waals surface area contributed by atoms with E-state index < -0.39 is 5.97 Å². The number of amides is 1. The van der Waals surface area contributed by atoms with Gasteiger partial charge in [0.15, 0.2) is 0 Å². The Kier molecular flexibility index (Phi) is 3.15. The Morgan fingerprint density at radius 3 is 2.61 bits per heavy atom. The maximum absolute atomic E-state index is 11.9. The van der Waals surface area contributed by atoms with Crippen molar-refractivity contribution in [2.24, 2.45) is 11.8 Å². The number of carboxylic acids is 1. The molecular weight excluding hydrogens is 234 g/mol. The van der Waals surface area contributed by atoms with E-state index in [9.17, 15) is 9.59 Å². The highest BCUT2D eigenvalue weighted by molar-refractivity contribution is 5.88. The molecule has 0 bridgehead atoms. The molecule has 0 saturated heterocycles. The van der Waals surface area contributed by atoms with Crippen molar-refractivity contribution in [1.29, 1.82) is 0 Å². The Hall–Kier alpha value is -1.78. The zero-order valence-electron chi connectivity index (χ0n) is 10.8. The van der Waals surface area contributed by atoms with Crippen LogP contribution in [-0.4, -0.2) is 28.9 Å². The van der Waals surface area contributed by atoms with Crippen LogP contribution in [0.3, 0.4) is 0 Å². The summed E-state index contributed by atoms with van der Waals surface area (Å²) >= 11 is 0. The minimum atomic E-state index is -1.01. The average molecular weight is 251 g/mol. The van der Waals surface area contributed by atoms with Gasteiger partial charge in [0.1, 0.15) is 17.1 Å². The highest BCUT2D eigenvalue weighted by Crippen LogP contribution is 2.39. The molecule has 1 aromatic rings. The first-order chi connectivity index (χ1) is 8.40. The Bertz CT molecular complexity index is 491. The van der Waals surface area contributed by atoms with Crippen LogP contribution in [0.4, 0.5) is 0 Å². The molecule has 0 aliphatic heterocycles. The number of hydrogen-bond acceptors (Lipinski definition) is 3. The number of hydrogen-bond donors (Lipinski definition) is 1. The first kappa shape index (κ1) is 12.7. The Balaban J connectivity index is 2.03. The summed E-state index contributed by atoms with van der Waals surface area (Å²) in [6, 6.07) is 1.48. The van der Waals surface area contributed by atoms with Crippen LogP contribution in [0.1, 0.15) is 35.2 Å². The summed E-state index contributed by atoms with van der Waals surface area (Å²) in [4.78, 5) is 24.4. The van der Waals surface area contributed by atoms with Gasteiger partial charge in [0.25, 0.3) is 0 Å². The van der Waals surface area contributed by atoms with Crippen LogP contribution >= 0.6 is 0 Å². The van der Waals surface area contributed by atoms with Gasteiger partial charge in [0.05, 0.1) is 6.54 Å². The summed E-state index contributed by atoms with van der Waals surface area (Å²) in [6.07, 6.45) is 0.945. The van der Waals surface area contributed by atoms with Crippen LogP contribution in [0.5, 0.6) is 0 Å². The highest BCUT2D eigenvalue weighted by atomic mass is 16.4. The second kappa shape index (κ2) is 4.48. The molecule has 1 amide bonds. The monoisotopic (exact) mass is 251 g/mol. The molecule has 1 fully saturated rings. The van der Waals surface area contributed by atoms with Crippen molar-refractivity contribution < 1.29 is 19.1 Å². The molecule has 0 radical (unpaired) electrons. The normalized spacial score (nSPS) is 21.7. The lowest BCUT2D eigenvalue weighted by Gasteiger charge is -2.15. The van der Waals surface area contributed by atoms with Crippen LogP contribution in [0.15, 0.2) is 10.5 Å². The van der Waals surface area contributed by atoms with Crippen LogP contribution in [0.2, 0.25) is 0 Å². The zero-order valence-corrected chi connectivity index (χ0v) is 10.8. The van der Waals surface area contributed by atoms with E-state index in [4.69, 9.17) is 9.52 Å². The number of carboxylic acid groups (broad SMARTS) is 1. The minimum absolute atomic E-state index is 0.105. The van der Waals surface area contributed by atoms with Gasteiger partial charge in [-0.25, -0.2) is 4.79 Å². The van der Waals surface area contributed by atoms with E-state index in [-0.39, 0.29) is 17.4 Å². The molecule has 1 N–H and O–H groups in total. The maximum Gasteiger partial charge on any atom is 0.339 e. The molecule has 0 unspecified atom stereocenters. The van der Waals surface area contributed by atoms with Gasteiger partial charge in [-0.3, -0.25) is 4.79 Å². The fourth-order valence-corrected chi connectivity index (χ4v) is 2.09. The predicted octanol–water partition coefficient (Wildman–Crippen LogP) is 1.90. The highest BCUT2D eigenvalue weighted by Gasteiger charge is 2.40. The summed E-state index contributed by atoms with van der Waals surface area (Å²) in [5.41, 5.74) is 0.158. The standard InChI is InChI=1S/C13H17NO4/c1-7-4-10(7)12(15)14(3)6-9-5-11(13(16)17)8(2)18-9/h5,7,10H,4,6H2,1-3H3,(H,16,17)/t7-,10-/m0/s1. The Morgan fingerprint density at radius 1 is 1.56 bits per heavy atom. The second-order valence-electron chi connectivity index (χ2n) is 5.00. The minimum Gasteiger partial charge on any atom is -0.478 e. The average Bonchev–Trinajstić information content (AvgIpc) is 2.89. The van der Waals surface area contributed by atoms with Crippen molar-refractivity contribution in [3.05, 3.63) is 23.2 Å². The van der Waals surface area contributed by atoms with E-state index in [0.29, 0.717) is 24.0 Å². The predicted molar refractivity (Wildman–Crippen MR) is 64.1 cm³/mol. The lowest BCUT2D eigenvalue weighted by atomic mass is 10.2. The van der Waals surface area contributed by atoms with Crippen LogP contribution in [-0.2, 0) is 11.3 Å². The van der Waals surface area contributed by atoms with Crippen molar-refractivity contribution in [3.63, 3.8) is 0 Å². The van der Waals surface area contributed by atoms with E-state index in [1.807, 2.05) is 0 Å². The quantitative estimate of drug-likeness (QED) is 0.887. The molecule has 1 saturated carbocycles. The fraction of sp³-hybridized carbons (Fsp3) is 0.538. The van der Waals surface area contributed by atoms with E-state index in [0.717, 1.165) is 6.42 Å². The molecule has 5 nitrogen and oxygen atoms in total. The largest absolute Gasteiger partial charge is 0.478 e. The van der Waals surface area contributed by atoms with Gasteiger partial charge in [0.2, 0.25) is 5.91 Å². The van der Waals surface area contributed by atoms with Crippen LogP contribution in [0.25, 0.3) is 0 Å². The van der Waals surface area contributed by atoms with Crippen molar-refractivity contribution >= 4 is 11.9 Å². The number of rotatable bonds is 4. The van der Waals surface area contributed by atoms with E-state index >= 15 is 0 Å². The van der Waals surface area contributed by atoms with E-state index in [2.05, 4.69) is 6.92 Å². The summed E-state index contributed by atoms with van der Waals surface area (Å²) in [5.74, 6) is 0.575. The molecule has 1 aliphatic rings. The Labute approximate surface area is 105 Å². The third kappa shape index (κ3) is 2.39. The van der Waals surface area contributed by atoms with Crippen LogP contribution < -0.4 is 0 Å².